The van der Waals surface area contributed by atoms with Crippen molar-refractivity contribution in [3.05, 3.63) is 84.4 Å². The fraction of sp³-hybridized carbons (Fsp3) is 0.143. The fourth-order valence-electron chi connectivity index (χ4n) is 3.66. The van der Waals surface area contributed by atoms with E-state index >= 15 is 0 Å². The van der Waals surface area contributed by atoms with E-state index in [9.17, 15) is 8.42 Å². The molecule has 0 unspecified atom stereocenters. The van der Waals surface area contributed by atoms with Crippen LogP contribution in [0.1, 0.15) is 23.7 Å². The second kappa shape index (κ2) is 7.03. The van der Waals surface area contributed by atoms with Crippen LogP contribution >= 0.6 is 0 Å². The number of benzene rings is 2. The summed E-state index contributed by atoms with van der Waals surface area (Å²) < 4.78 is 29.8. The molecule has 1 aliphatic rings. The van der Waals surface area contributed by atoms with E-state index in [1.165, 1.54) is 4.41 Å². The molecule has 3 heterocycles. The van der Waals surface area contributed by atoms with Gasteiger partial charge in [0.1, 0.15) is 0 Å². The molecule has 0 bridgehead atoms. The summed E-state index contributed by atoms with van der Waals surface area (Å²) in [5.41, 5.74) is 3.72. The Kier molecular flexibility index (Phi) is 4.32. The van der Waals surface area contributed by atoms with Crippen LogP contribution in [-0.4, -0.2) is 38.3 Å². The van der Waals surface area contributed by atoms with E-state index in [4.69, 9.17) is 0 Å². The van der Waals surface area contributed by atoms with Crippen molar-refractivity contribution in [3.8, 4) is 0 Å². The zero-order valence-electron chi connectivity index (χ0n) is 16.1. The lowest BCUT2D eigenvalue weighted by atomic mass is 10.0. The molecule has 0 N–H and O–H groups in total. The minimum Gasteiger partial charge on any atom is -0.267 e. The van der Waals surface area contributed by atoms with Gasteiger partial charge in [-0.3, -0.25) is 14.6 Å². The molecule has 2 aromatic carbocycles. The SMILES string of the molecule is Cn1nccc1C1=NN(S(=O)(=O)c2ccccc2)[C@H](c2ccc3nccnc3c2)C1. The number of hydrogen-bond donors (Lipinski definition) is 0. The first-order valence-electron chi connectivity index (χ1n) is 9.40. The molecule has 1 atom stereocenters. The van der Waals surface area contributed by atoms with Crippen molar-refractivity contribution in [2.45, 2.75) is 17.4 Å². The van der Waals surface area contributed by atoms with Gasteiger partial charge in [-0.25, -0.2) is 0 Å². The number of hydrogen-bond acceptors (Lipinski definition) is 6. The third-order valence-electron chi connectivity index (χ3n) is 5.15. The summed E-state index contributed by atoms with van der Waals surface area (Å²) in [6.45, 7) is 0. The lowest BCUT2D eigenvalue weighted by molar-refractivity contribution is 0.371. The highest BCUT2D eigenvalue weighted by Crippen LogP contribution is 2.37. The van der Waals surface area contributed by atoms with Crippen molar-refractivity contribution in [1.29, 1.82) is 0 Å². The maximum absolute atomic E-state index is 13.5. The third kappa shape index (κ3) is 3.03. The van der Waals surface area contributed by atoms with Crippen molar-refractivity contribution in [1.82, 2.24) is 24.2 Å². The number of aromatic nitrogens is 4. The average Bonchev–Trinajstić information content (AvgIpc) is 3.40. The predicted octanol–water partition coefficient (Wildman–Crippen LogP) is 2.90. The highest BCUT2D eigenvalue weighted by molar-refractivity contribution is 7.89. The predicted molar refractivity (Wildman–Crippen MR) is 112 cm³/mol. The van der Waals surface area contributed by atoms with Crippen molar-refractivity contribution in [2.24, 2.45) is 12.1 Å². The van der Waals surface area contributed by atoms with Crippen LogP contribution in [0, 0.1) is 0 Å². The van der Waals surface area contributed by atoms with E-state index in [-0.39, 0.29) is 4.90 Å². The highest BCUT2D eigenvalue weighted by atomic mass is 32.2. The van der Waals surface area contributed by atoms with Gasteiger partial charge in [0.05, 0.1) is 33.4 Å². The third-order valence-corrected chi connectivity index (χ3v) is 6.85. The molecule has 4 aromatic rings. The fourth-order valence-corrected chi connectivity index (χ4v) is 5.11. The van der Waals surface area contributed by atoms with Crippen LogP contribution in [0.4, 0.5) is 0 Å². The second-order valence-electron chi connectivity index (χ2n) is 7.00. The van der Waals surface area contributed by atoms with Gasteiger partial charge in [-0.05, 0) is 35.9 Å². The van der Waals surface area contributed by atoms with Crippen LogP contribution in [0.15, 0.2) is 83.2 Å². The first-order valence-corrected chi connectivity index (χ1v) is 10.8. The second-order valence-corrected chi connectivity index (χ2v) is 8.80. The Balaban J connectivity index is 1.64. The van der Waals surface area contributed by atoms with Gasteiger partial charge in [-0.2, -0.15) is 23.0 Å². The monoisotopic (exact) mass is 418 g/mol. The summed E-state index contributed by atoms with van der Waals surface area (Å²) in [6, 6.07) is 15.3. The number of hydrazone groups is 1. The molecule has 5 rings (SSSR count). The van der Waals surface area contributed by atoms with Crippen molar-refractivity contribution in [2.75, 3.05) is 0 Å². The Morgan fingerprint density at radius 3 is 2.43 bits per heavy atom. The molecular formula is C21H18N6O2S. The van der Waals surface area contributed by atoms with E-state index < -0.39 is 16.1 Å². The van der Waals surface area contributed by atoms with Gasteiger partial charge < -0.3 is 0 Å². The van der Waals surface area contributed by atoms with Crippen LogP contribution in [-0.2, 0) is 17.1 Å². The molecule has 0 spiro atoms. The van der Waals surface area contributed by atoms with Crippen molar-refractivity contribution >= 4 is 26.8 Å². The standard InChI is InChI=1S/C21H18N6O2S/c1-26-20(9-10-24-26)19-14-21(15-7-8-17-18(13-15)23-12-11-22-17)27(25-19)30(28,29)16-5-3-2-4-6-16/h2-13,21H,14H2,1H3/t21-/m0/s1. The normalized spacial score (nSPS) is 16.8. The molecule has 0 amide bonds. The first-order chi connectivity index (χ1) is 14.5. The minimum atomic E-state index is -3.85. The topological polar surface area (TPSA) is 93.3 Å². The van der Waals surface area contributed by atoms with Gasteiger partial charge in [0.15, 0.2) is 0 Å². The van der Waals surface area contributed by atoms with Crippen LogP contribution in [0.5, 0.6) is 0 Å². The van der Waals surface area contributed by atoms with Crippen LogP contribution < -0.4 is 0 Å². The van der Waals surface area contributed by atoms with Crippen LogP contribution in [0.25, 0.3) is 11.0 Å². The zero-order valence-corrected chi connectivity index (χ0v) is 16.9. The molecule has 9 heteroatoms. The molecule has 2 aromatic heterocycles. The van der Waals surface area contributed by atoms with E-state index in [1.54, 1.807) is 53.6 Å². The molecule has 0 aliphatic carbocycles. The molecule has 150 valence electrons. The number of aryl methyl sites for hydroxylation is 1. The summed E-state index contributed by atoms with van der Waals surface area (Å²) in [5, 5.41) is 8.74. The van der Waals surface area contributed by atoms with Gasteiger partial charge in [0, 0.05) is 32.1 Å². The van der Waals surface area contributed by atoms with E-state index in [1.807, 2.05) is 31.3 Å². The minimum absolute atomic E-state index is 0.200. The molecule has 0 saturated heterocycles. The maximum Gasteiger partial charge on any atom is 0.279 e. The summed E-state index contributed by atoms with van der Waals surface area (Å²) in [7, 11) is -2.03. The van der Waals surface area contributed by atoms with Gasteiger partial charge >= 0.3 is 0 Å². The van der Waals surface area contributed by atoms with E-state index in [0.717, 1.165) is 16.8 Å². The Morgan fingerprint density at radius 2 is 1.70 bits per heavy atom. The molecule has 8 nitrogen and oxygen atoms in total. The number of nitrogens with zero attached hydrogens (tertiary/aromatic N) is 6. The Morgan fingerprint density at radius 1 is 0.933 bits per heavy atom. The van der Waals surface area contributed by atoms with Crippen molar-refractivity contribution < 1.29 is 8.42 Å². The largest absolute Gasteiger partial charge is 0.279 e. The lowest BCUT2D eigenvalue weighted by Gasteiger charge is -2.23. The Hall–Kier alpha value is -3.59. The smallest absolute Gasteiger partial charge is 0.267 e. The summed E-state index contributed by atoms with van der Waals surface area (Å²) in [4.78, 5) is 8.86. The Labute approximate surface area is 173 Å². The quantitative estimate of drug-likeness (QED) is 0.508. The molecular weight excluding hydrogens is 400 g/mol. The lowest BCUT2D eigenvalue weighted by Crippen LogP contribution is -2.27. The van der Waals surface area contributed by atoms with E-state index in [2.05, 4.69) is 20.2 Å². The first kappa shape index (κ1) is 18.4. The average molecular weight is 418 g/mol. The summed E-state index contributed by atoms with van der Waals surface area (Å²) in [5.74, 6) is 0. The summed E-state index contributed by atoms with van der Waals surface area (Å²) in [6.07, 6.45) is 5.36. The highest BCUT2D eigenvalue weighted by Gasteiger charge is 2.38. The molecule has 1 aliphatic heterocycles. The van der Waals surface area contributed by atoms with Crippen LogP contribution in [0.2, 0.25) is 0 Å². The number of fused-ring (bicyclic) bond motifs is 1. The number of rotatable bonds is 4. The molecule has 0 fully saturated rings. The van der Waals surface area contributed by atoms with Gasteiger partial charge in [0.2, 0.25) is 0 Å². The summed E-state index contributed by atoms with van der Waals surface area (Å²) >= 11 is 0. The molecule has 0 radical (unpaired) electrons. The molecule has 30 heavy (non-hydrogen) atoms. The van der Waals surface area contributed by atoms with E-state index in [0.29, 0.717) is 17.6 Å². The van der Waals surface area contributed by atoms with Crippen LogP contribution in [0.3, 0.4) is 0 Å². The zero-order chi connectivity index (χ0) is 20.7. The maximum atomic E-state index is 13.5. The molecule has 0 saturated carbocycles. The number of sulfonamides is 1. The van der Waals surface area contributed by atoms with Gasteiger partial charge in [-0.15, -0.1) is 0 Å². The van der Waals surface area contributed by atoms with Gasteiger partial charge in [-0.1, -0.05) is 24.3 Å². The van der Waals surface area contributed by atoms with Crippen molar-refractivity contribution in [3.63, 3.8) is 0 Å². The van der Waals surface area contributed by atoms with Gasteiger partial charge in [0.25, 0.3) is 10.0 Å². The Bertz CT molecular complexity index is 1360.